The topological polar surface area (TPSA) is 50.7 Å². The predicted molar refractivity (Wildman–Crippen MR) is 101 cm³/mol. The fourth-order valence-corrected chi connectivity index (χ4v) is 2.45. The third kappa shape index (κ3) is 6.36. The number of hydrogen-bond acceptors (Lipinski definition) is 4. The quantitative estimate of drug-likeness (QED) is 0.402. The molecule has 4 heteroatoms. The number of ether oxygens (including phenoxy) is 1. The van der Waals surface area contributed by atoms with Crippen molar-refractivity contribution in [3.63, 3.8) is 0 Å². The molecule has 2 aromatic rings. The summed E-state index contributed by atoms with van der Waals surface area (Å²) in [5, 5.41) is 9.64. The van der Waals surface area contributed by atoms with Gasteiger partial charge >= 0.3 is 0 Å². The Bertz CT molecular complexity index is 708. The van der Waals surface area contributed by atoms with Crippen LogP contribution in [-0.4, -0.2) is 19.3 Å². The lowest BCUT2D eigenvalue weighted by Gasteiger charge is -2.06. The molecule has 2 aromatic carbocycles. The average molecular weight is 339 g/mol. The monoisotopic (exact) mass is 339 g/mol. The number of methoxy groups -OCH3 is 1. The second kappa shape index (κ2) is 10.2. The number of rotatable bonds is 9. The standard InChI is InChI=1S/C21H25NO3/c1-24-21-16-18(13-15-20(21)23)12-14-19(22-25-2)11-7-6-10-17-8-4-3-5-9-17/h3-5,8-9,11-16,22-23H,6-7,10H2,1-2H3. The Morgan fingerprint density at radius 1 is 1.12 bits per heavy atom. The molecule has 0 heterocycles. The van der Waals surface area contributed by atoms with E-state index in [1.54, 1.807) is 19.2 Å². The van der Waals surface area contributed by atoms with Crippen molar-refractivity contribution >= 4 is 6.08 Å². The smallest absolute Gasteiger partial charge is 0.161 e. The highest BCUT2D eigenvalue weighted by Crippen LogP contribution is 2.26. The zero-order chi connectivity index (χ0) is 17.9. The van der Waals surface area contributed by atoms with Crippen molar-refractivity contribution < 1.29 is 14.7 Å². The van der Waals surface area contributed by atoms with Crippen molar-refractivity contribution in [1.29, 1.82) is 0 Å². The van der Waals surface area contributed by atoms with Crippen molar-refractivity contribution in [1.82, 2.24) is 5.48 Å². The van der Waals surface area contributed by atoms with Crippen molar-refractivity contribution in [3.05, 3.63) is 77.5 Å². The number of allylic oxidation sites excluding steroid dienone is 2. The molecule has 0 spiro atoms. The van der Waals surface area contributed by atoms with E-state index >= 15 is 0 Å². The molecule has 0 unspecified atom stereocenters. The Balaban J connectivity index is 1.94. The van der Waals surface area contributed by atoms with Gasteiger partial charge in [-0.1, -0.05) is 48.6 Å². The van der Waals surface area contributed by atoms with E-state index in [9.17, 15) is 5.11 Å². The van der Waals surface area contributed by atoms with E-state index in [-0.39, 0.29) is 5.75 Å². The highest BCUT2D eigenvalue weighted by Gasteiger charge is 2.00. The molecule has 0 aliphatic carbocycles. The SMILES string of the molecule is CONC(C=Cc1ccc(O)c(OC)c1)=CCCCc1ccccc1. The maximum atomic E-state index is 9.64. The van der Waals surface area contributed by atoms with E-state index in [1.807, 2.05) is 24.3 Å². The van der Waals surface area contributed by atoms with E-state index in [0.717, 1.165) is 30.5 Å². The summed E-state index contributed by atoms with van der Waals surface area (Å²) in [5.74, 6) is 0.585. The van der Waals surface area contributed by atoms with Crippen molar-refractivity contribution in [2.45, 2.75) is 19.3 Å². The fraction of sp³-hybridized carbons (Fsp3) is 0.238. The maximum Gasteiger partial charge on any atom is 0.161 e. The van der Waals surface area contributed by atoms with Gasteiger partial charge in [0.25, 0.3) is 0 Å². The van der Waals surface area contributed by atoms with E-state index in [0.29, 0.717) is 5.75 Å². The van der Waals surface area contributed by atoms with Crippen molar-refractivity contribution in [3.8, 4) is 11.5 Å². The van der Waals surface area contributed by atoms with Crippen LogP contribution in [0.25, 0.3) is 6.08 Å². The maximum absolute atomic E-state index is 9.64. The number of hydrogen-bond donors (Lipinski definition) is 2. The van der Waals surface area contributed by atoms with Gasteiger partial charge in [-0.15, -0.1) is 0 Å². The van der Waals surface area contributed by atoms with Gasteiger partial charge in [0, 0.05) is 0 Å². The molecule has 25 heavy (non-hydrogen) atoms. The third-order valence-electron chi connectivity index (χ3n) is 3.76. The second-order valence-electron chi connectivity index (χ2n) is 5.61. The Morgan fingerprint density at radius 3 is 2.64 bits per heavy atom. The van der Waals surface area contributed by atoms with Crippen LogP contribution in [-0.2, 0) is 11.3 Å². The molecule has 0 radical (unpaired) electrons. The molecule has 4 nitrogen and oxygen atoms in total. The molecular weight excluding hydrogens is 314 g/mol. The normalized spacial score (nSPS) is 11.7. The largest absolute Gasteiger partial charge is 0.504 e. The Labute approximate surface area is 149 Å². The van der Waals surface area contributed by atoms with Crippen LogP contribution >= 0.6 is 0 Å². The zero-order valence-corrected chi connectivity index (χ0v) is 14.7. The molecule has 0 amide bonds. The number of aryl methyl sites for hydroxylation is 1. The van der Waals surface area contributed by atoms with Crippen LogP contribution in [0.4, 0.5) is 0 Å². The zero-order valence-electron chi connectivity index (χ0n) is 14.7. The van der Waals surface area contributed by atoms with Gasteiger partial charge in [0.15, 0.2) is 11.5 Å². The van der Waals surface area contributed by atoms with Gasteiger partial charge in [-0.25, -0.2) is 0 Å². The first-order chi connectivity index (χ1) is 12.2. The molecule has 2 N–H and O–H groups in total. The predicted octanol–water partition coefficient (Wildman–Crippen LogP) is 4.47. The van der Waals surface area contributed by atoms with Gasteiger partial charge in [-0.05, 0) is 48.6 Å². The summed E-state index contributed by atoms with van der Waals surface area (Å²) in [4.78, 5) is 5.04. The molecule has 0 saturated carbocycles. The number of unbranched alkanes of at least 4 members (excludes halogenated alkanes) is 1. The number of phenolic OH excluding ortho intramolecular Hbond substituents is 1. The van der Waals surface area contributed by atoms with Crippen LogP contribution in [0.2, 0.25) is 0 Å². The van der Waals surface area contributed by atoms with Gasteiger partial charge in [-0.2, -0.15) is 0 Å². The first-order valence-corrected chi connectivity index (χ1v) is 8.31. The molecule has 0 atom stereocenters. The minimum Gasteiger partial charge on any atom is -0.504 e. The van der Waals surface area contributed by atoms with Crippen molar-refractivity contribution in [2.24, 2.45) is 0 Å². The van der Waals surface area contributed by atoms with Gasteiger partial charge in [0.1, 0.15) is 0 Å². The summed E-state index contributed by atoms with van der Waals surface area (Å²) in [5.41, 5.74) is 6.06. The minimum absolute atomic E-state index is 0.131. The summed E-state index contributed by atoms with van der Waals surface area (Å²) < 4.78 is 5.12. The Morgan fingerprint density at radius 2 is 1.92 bits per heavy atom. The number of hydroxylamine groups is 1. The van der Waals surface area contributed by atoms with Crippen molar-refractivity contribution in [2.75, 3.05) is 14.2 Å². The molecule has 0 bridgehead atoms. The van der Waals surface area contributed by atoms with Crippen LogP contribution < -0.4 is 10.2 Å². The summed E-state index contributed by atoms with van der Waals surface area (Å²) >= 11 is 0. The number of phenols is 1. The number of aromatic hydroxyl groups is 1. The van der Waals surface area contributed by atoms with Crippen LogP contribution in [0.5, 0.6) is 11.5 Å². The van der Waals surface area contributed by atoms with E-state index < -0.39 is 0 Å². The lowest BCUT2D eigenvalue weighted by Crippen LogP contribution is -2.09. The van der Waals surface area contributed by atoms with Crippen LogP contribution in [0.15, 0.2) is 66.4 Å². The fourth-order valence-electron chi connectivity index (χ4n) is 2.45. The van der Waals surface area contributed by atoms with Gasteiger partial charge in [-0.3, -0.25) is 10.3 Å². The van der Waals surface area contributed by atoms with E-state index in [2.05, 4.69) is 35.8 Å². The molecule has 0 aliphatic rings. The van der Waals surface area contributed by atoms with Gasteiger partial charge < -0.3 is 9.84 Å². The lowest BCUT2D eigenvalue weighted by molar-refractivity contribution is 0.121. The molecular formula is C21H25NO3. The van der Waals surface area contributed by atoms with Crippen LogP contribution in [0.1, 0.15) is 24.0 Å². The van der Waals surface area contributed by atoms with E-state index in [1.165, 1.54) is 12.7 Å². The molecule has 132 valence electrons. The summed E-state index contributed by atoms with van der Waals surface area (Å²) in [6.45, 7) is 0. The molecule has 0 aromatic heterocycles. The first kappa shape index (κ1) is 18.6. The third-order valence-corrected chi connectivity index (χ3v) is 3.76. The molecule has 0 saturated heterocycles. The van der Waals surface area contributed by atoms with Gasteiger partial charge in [0.05, 0.1) is 19.9 Å². The highest BCUT2D eigenvalue weighted by molar-refractivity contribution is 5.57. The van der Waals surface area contributed by atoms with Gasteiger partial charge in [0.2, 0.25) is 0 Å². The first-order valence-electron chi connectivity index (χ1n) is 8.31. The second-order valence-corrected chi connectivity index (χ2v) is 5.61. The Hall–Kier alpha value is -2.72. The summed E-state index contributed by atoms with van der Waals surface area (Å²) in [6, 6.07) is 15.7. The summed E-state index contributed by atoms with van der Waals surface area (Å²) in [6.07, 6.45) is 9.06. The number of nitrogens with one attached hydrogen (secondary N) is 1. The molecule has 2 rings (SSSR count). The van der Waals surface area contributed by atoms with E-state index in [4.69, 9.17) is 9.57 Å². The van der Waals surface area contributed by atoms with Crippen LogP contribution in [0.3, 0.4) is 0 Å². The molecule has 0 fully saturated rings. The molecule has 0 aliphatic heterocycles. The lowest BCUT2D eigenvalue weighted by atomic mass is 10.1. The highest BCUT2D eigenvalue weighted by atomic mass is 16.6. The van der Waals surface area contributed by atoms with Crippen LogP contribution in [0, 0.1) is 0 Å². The average Bonchev–Trinajstić information content (AvgIpc) is 2.65. The number of benzene rings is 2. The Kier molecular flexibility index (Phi) is 7.60. The minimum atomic E-state index is 0.131. The summed E-state index contributed by atoms with van der Waals surface area (Å²) in [7, 11) is 3.13.